The van der Waals surface area contributed by atoms with Crippen molar-refractivity contribution in [3.8, 4) is 0 Å². The third-order valence-corrected chi connectivity index (χ3v) is 14.4. The van der Waals surface area contributed by atoms with Crippen LogP contribution in [0.15, 0.2) is 111 Å². The molecule has 27 heteroatoms. The van der Waals surface area contributed by atoms with Crippen LogP contribution in [0.25, 0.3) is 10.9 Å². The number of rotatable bonds is 23. The van der Waals surface area contributed by atoms with E-state index in [9.17, 15) is 58.3 Å². The first kappa shape index (κ1) is 54.6. The highest BCUT2D eigenvalue weighted by Gasteiger charge is 2.29. The minimum Gasteiger partial charge on any atom is -0.354 e. The number of pyridine rings is 2. The van der Waals surface area contributed by atoms with Crippen molar-refractivity contribution in [2.75, 3.05) is 29.6 Å². The van der Waals surface area contributed by atoms with Gasteiger partial charge in [0, 0.05) is 61.9 Å². The van der Waals surface area contributed by atoms with E-state index in [4.69, 9.17) is 0 Å². The standard InChI is InChI=1S/C46H51N11O13S3/c1-27-18-28(2)42(29(3)19-27)72(66,67)56-36(30(4)58)24-51-44(61)35-25-57(38-20-31(10-12-34(38)41(35)59)21-52-46-48-15-16-49-46)17-7-14-47-45(62)37(26-71(63,64)65)54-43(60)33-11-13-40(50-22-33)55-53-23-32-8-5-6-9-39(32)73(68,69)70/h5-6,8-13,15-16,18-20,22-23,25,36-37,56H,7,14,17,21,24,26H2,1-4H3,(H,47,62)(H,50,55)(H,51,61)(H,54,60)(H2,48,49,52)(H,63,64,65)(H,68,69,70)/b53-23+/t36?,37-/m0/s1. The number of anilines is 2. The second-order valence-corrected chi connectivity index (χ2v) is 21.2. The monoisotopic (exact) mass is 1060 g/mol. The number of hydrogen-bond acceptors (Lipinski definition) is 16. The number of aromatic amines is 1. The number of aromatic nitrogens is 4. The van der Waals surface area contributed by atoms with Crippen molar-refractivity contribution in [2.45, 2.75) is 69.1 Å². The lowest BCUT2D eigenvalue weighted by Crippen LogP contribution is -2.50. The molecule has 0 saturated heterocycles. The molecule has 1 unspecified atom stereocenters. The summed E-state index contributed by atoms with van der Waals surface area (Å²) in [7, 11) is -13.6. The van der Waals surface area contributed by atoms with Gasteiger partial charge in [0.1, 0.15) is 33.9 Å². The number of sulfonamides is 1. The Morgan fingerprint density at radius 3 is 2.25 bits per heavy atom. The van der Waals surface area contributed by atoms with Gasteiger partial charge in [0.05, 0.1) is 28.2 Å². The predicted molar refractivity (Wildman–Crippen MR) is 269 cm³/mol. The molecule has 6 aromatic rings. The Hall–Kier alpha value is -7.69. The van der Waals surface area contributed by atoms with Crippen LogP contribution >= 0.6 is 0 Å². The molecule has 0 aliphatic rings. The zero-order valence-corrected chi connectivity index (χ0v) is 42.0. The molecule has 0 aliphatic carbocycles. The molecule has 2 atom stereocenters. The lowest BCUT2D eigenvalue weighted by Gasteiger charge is -2.20. The first-order valence-corrected chi connectivity index (χ1v) is 26.6. The second-order valence-electron chi connectivity index (χ2n) is 16.7. The van der Waals surface area contributed by atoms with Crippen LogP contribution in [0.5, 0.6) is 0 Å². The number of H-pyrrole nitrogens is 1. The third-order valence-electron chi connectivity index (χ3n) is 11.0. The summed E-state index contributed by atoms with van der Waals surface area (Å²) >= 11 is 0. The first-order chi connectivity index (χ1) is 34.4. The molecular formula is C46H51N11O13S3. The molecule has 386 valence electrons. The van der Waals surface area contributed by atoms with E-state index in [-0.39, 0.29) is 63.7 Å². The Morgan fingerprint density at radius 2 is 1.60 bits per heavy atom. The van der Waals surface area contributed by atoms with Crippen LogP contribution in [0.2, 0.25) is 0 Å². The summed E-state index contributed by atoms with van der Waals surface area (Å²) in [5.74, 6) is -4.09. The number of nitrogens with one attached hydrogen (secondary N) is 7. The van der Waals surface area contributed by atoms with Crippen LogP contribution in [0.4, 0.5) is 11.8 Å². The number of benzene rings is 3. The van der Waals surface area contributed by atoms with E-state index in [1.54, 1.807) is 55.1 Å². The number of aryl methyl sites for hydroxylation is 4. The number of carbonyl (C=O) groups is 4. The fourth-order valence-electron chi connectivity index (χ4n) is 7.64. The maximum absolute atomic E-state index is 13.9. The number of ketones is 1. The maximum atomic E-state index is 13.9. The summed E-state index contributed by atoms with van der Waals surface area (Å²) in [5.41, 5.74) is 4.28. The van der Waals surface area contributed by atoms with Crippen LogP contribution < -0.4 is 36.8 Å². The quantitative estimate of drug-likeness (QED) is 0.0192. The number of amides is 3. The number of imidazole rings is 1. The Morgan fingerprint density at radius 1 is 0.877 bits per heavy atom. The fraction of sp³-hybridized carbons (Fsp3) is 0.261. The van der Waals surface area contributed by atoms with E-state index in [0.717, 1.165) is 24.9 Å². The first-order valence-electron chi connectivity index (χ1n) is 22.0. The molecule has 73 heavy (non-hydrogen) atoms. The van der Waals surface area contributed by atoms with Gasteiger partial charge in [-0.2, -0.15) is 26.7 Å². The fourth-order valence-corrected chi connectivity index (χ4v) is 10.7. The molecule has 6 rings (SSSR count). The second kappa shape index (κ2) is 23.2. The molecule has 0 fully saturated rings. The van der Waals surface area contributed by atoms with Crippen molar-refractivity contribution in [3.63, 3.8) is 0 Å². The van der Waals surface area contributed by atoms with E-state index >= 15 is 0 Å². The van der Waals surface area contributed by atoms with Crippen LogP contribution in [0.3, 0.4) is 0 Å². The molecule has 3 heterocycles. The highest BCUT2D eigenvalue weighted by molar-refractivity contribution is 7.89. The summed E-state index contributed by atoms with van der Waals surface area (Å²) in [4.78, 5) is 77.8. The third kappa shape index (κ3) is 14.7. The Balaban J connectivity index is 1.15. The number of hydrogen-bond donors (Lipinski definition) is 9. The summed E-state index contributed by atoms with van der Waals surface area (Å²) < 4.78 is 97.4. The van der Waals surface area contributed by atoms with Crippen molar-refractivity contribution >= 4 is 82.6 Å². The largest absolute Gasteiger partial charge is 0.354 e. The van der Waals surface area contributed by atoms with Gasteiger partial charge in [0.15, 0.2) is 5.95 Å². The van der Waals surface area contributed by atoms with Crippen molar-refractivity contribution in [1.82, 2.24) is 40.2 Å². The highest BCUT2D eigenvalue weighted by atomic mass is 32.2. The topological polar surface area (TPSA) is 359 Å². The van der Waals surface area contributed by atoms with Gasteiger partial charge in [-0.25, -0.2) is 18.4 Å². The smallest absolute Gasteiger partial charge is 0.295 e. The van der Waals surface area contributed by atoms with Gasteiger partial charge in [-0.1, -0.05) is 42.0 Å². The SMILES string of the molecule is CC(=O)C(CNC(=O)c1cn(CCCNC(=O)[C@H](CS(=O)(=O)O)NC(=O)c2ccc(N/N=C/c3ccccc3S(=O)(=O)O)nc2)c2cc(CNc3ncc[nH]3)ccc2c1=O)NS(=O)(=O)c1c(C)cc(C)cc1C. The van der Waals surface area contributed by atoms with Gasteiger partial charge in [-0.3, -0.25) is 38.5 Å². The molecule has 0 spiro atoms. The molecule has 0 aliphatic heterocycles. The summed E-state index contributed by atoms with van der Waals surface area (Å²) in [5, 5.41) is 14.4. The van der Waals surface area contributed by atoms with Crippen LogP contribution in [-0.4, -0.2) is 115 Å². The molecule has 0 radical (unpaired) electrons. The normalized spacial score (nSPS) is 12.8. The molecule has 9 N–H and O–H groups in total. The molecule has 24 nitrogen and oxygen atoms in total. The molecular weight excluding hydrogens is 1010 g/mol. The van der Waals surface area contributed by atoms with Gasteiger partial charge < -0.3 is 30.8 Å². The van der Waals surface area contributed by atoms with E-state index in [1.807, 2.05) is 6.92 Å². The molecule has 0 saturated carbocycles. The zero-order valence-electron chi connectivity index (χ0n) is 39.5. The van der Waals surface area contributed by atoms with Gasteiger partial charge in [-0.05, 0) is 81.1 Å². The summed E-state index contributed by atoms with van der Waals surface area (Å²) in [6.07, 6.45) is 6.75. The average molecular weight is 1060 g/mol. The van der Waals surface area contributed by atoms with Crippen molar-refractivity contribution in [3.05, 3.63) is 141 Å². The number of carbonyl (C=O) groups excluding carboxylic acids is 4. The Bertz CT molecular complexity index is 3470. The lowest BCUT2D eigenvalue weighted by molar-refractivity contribution is -0.122. The minimum atomic E-state index is -4.83. The molecule has 0 bridgehead atoms. The van der Waals surface area contributed by atoms with Crippen LogP contribution in [0, 0.1) is 20.8 Å². The molecule has 3 amide bonds. The number of nitrogens with zero attached hydrogens (tertiary/aromatic N) is 4. The number of fused-ring (bicyclic) bond motifs is 1. The zero-order chi connectivity index (χ0) is 53.3. The maximum Gasteiger partial charge on any atom is 0.295 e. The van der Waals surface area contributed by atoms with Crippen molar-refractivity contribution in [1.29, 1.82) is 0 Å². The predicted octanol–water partition coefficient (Wildman–Crippen LogP) is 2.21. The Labute approximate surface area is 419 Å². The Kier molecular flexibility index (Phi) is 17.4. The van der Waals surface area contributed by atoms with E-state index in [0.29, 0.717) is 28.2 Å². The van der Waals surface area contributed by atoms with Gasteiger partial charge in [0.25, 0.3) is 32.1 Å². The van der Waals surface area contributed by atoms with E-state index < -0.39 is 83.6 Å². The summed E-state index contributed by atoms with van der Waals surface area (Å²) in [6.45, 7) is 5.88. The van der Waals surface area contributed by atoms with E-state index in [2.05, 4.69) is 51.5 Å². The van der Waals surface area contributed by atoms with Crippen molar-refractivity contribution < 1.29 is 53.5 Å². The van der Waals surface area contributed by atoms with E-state index in [1.165, 1.54) is 48.7 Å². The summed E-state index contributed by atoms with van der Waals surface area (Å²) in [6, 6.07) is 13.1. The molecule has 3 aromatic heterocycles. The number of hydrazone groups is 1. The van der Waals surface area contributed by atoms with Crippen LogP contribution in [-0.2, 0) is 52.9 Å². The van der Waals surface area contributed by atoms with Crippen LogP contribution in [0.1, 0.15) is 61.9 Å². The van der Waals surface area contributed by atoms with Crippen molar-refractivity contribution in [2.24, 2.45) is 5.10 Å². The van der Waals surface area contributed by atoms with Gasteiger partial charge >= 0.3 is 0 Å². The average Bonchev–Trinajstić information content (AvgIpc) is 3.84. The highest BCUT2D eigenvalue weighted by Crippen LogP contribution is 2.22. The minimum absolute atomic E-state index is 0.00709. The lowest BCUT2D eigenvalue weighted by atomic mass is 10.1. The molecule has 3 aromatic carbocycles. The number of Topliss-reactive ketones (excluding diaryl/α,β-unsaturated/α-hetero) is 1. The van der Waals surface area contributed by atoms with Gasteiger partial charge in [0.2, 0.25) is 21.4 Å². The van der Waals surface area contributed by atoms with Gasteiger partial charge in [-0.15, -0.1) is 0 Å².